The predicted molar refractivity (Wildman–Crippen MR) is 93.9 cm³/mol. The smallest absolute Gasteiger partial charge is 0.0105 e. The molecule has 0 heterocycles. The summed E-state index contributed by atoms with van der Waals surface area (Å²) < 4.78 is 0. The second-order valence-corrected chi connectivity index (χ2v) is 7.17. The van der Waals surface area contributed by atoms with Crippen molar-refractivity contribution in [1.29, 1.82) is 0 Å². The van der Waals surface area contributed by atoms with Crippen molar-refractivity contribution in [1.82, 2.24) is 15.1 Å². The average molecular weight is 298 g/mol. The summed E-state index contributed by atoms with van der Waals surface area (Å²) >= 11 is 0. The van der Waals surface area contributed by atoms with E-state index in [0.29, 0.717) is 0 Å². The van der Waals surface area contributed by atoms with Gasteiger partial charge in [-0.3, -0.25) is 0 Å². The quantitative estimate of drug-likeness (QED) is 0.668. The topological polar surface area (TPSA) is 18.5 Å². The summed E-state index contributed by atoms with van der Waals surface area (Å²) in [6, 6.07) is 0.737. The molecule has 1 aliphatic carbocycles. The molecule has 0 aromatic carbocycles. The Morgan fingerprint density at radius 1 is 1.10 bits per heavy atom. The van der Waals surface area contributed by atoms with Gasteiger partial charge < -0.3 is 15.1 Å². The maximum absolute atomic E-state index is 3.59. The van der Waals surface area contributed by atoms with Gasteiger partial charge in [0.2, 0.25) is 0 Å². The van der Waals surface area contributed by atoms with E-state index >= 15 is 0 Å². The van der Waals surface area contributed by atoms with Gasteiger partial charge in [0.15, 0.2) is 0 Å². The van der Waals surface area contributed by atoms with Crippen molar-refractivity contribution in [2.24, 2.45) is 11.8 Å². The van der Waals surface area contributed by atoms with Crippen LogP contribution in [0, 0.1) is 11.8 Å². The first-order valence-electron chi connectivity index (χ1n) is 9.15. The molecule has 1 rings (SSSR count). The Labute approximate surface area is 133 Å². The molecule has 0 aromatic rings. The Kier molecular flexibility index (Phi) is 9.54. The van der Waals surface area contributed by atoms with Crippen molar-refractivity contribution >= 4 is 0 Å². The van der Waals surface area contributed by atoms with Gasteiger partial charge in [0.25, 0.3) is 0 Å². The van der Waals surface area contributed by atoms with E-state index in [4.69, 9.17) is 0 Å². The van der Waals surface area contributed by atoms with Crippen LogP contribution in [0.4, 0.5) is 0 Å². The van der Waals surface area contributed by atoms with E-state index in [1.807, 2.05) is 0 Å². The molecule has 0 bridgehead atoms. The molecule has 3 nitrogen and oxygen atoms in total. The van der Waals surface area contributed by atoms with Crippen LogP contribution in [-0.2, 0) is 0 Å². The molecule has 1 saturated carbocycles. The van der Waals surface area contributed by atoms with Crippen LogP contribution in [0.5, 0.6) is 0 Å². The number of nitrogens with one attached hydrogen (secondary N) is 1. The third kappa shape index (κ3) is 7.12. The highest BCUT2D eigenvalue weighted by molar-refractivity contribution is 4.85. The molecule has 0 spiro atoms. The van der Waals surface area contributed by atoms with Gasteiger partial charge >= 0.3 is 0 Å². The lowest BCUT2D eigenvalue weighted by Gasteiger charge is -2.39. The lowest BCUT2D eigenvalue weighted by molar-refractivity contribution is 0.139. The van der Waals surface area contributed by atoms with E-state index < -0.39 is 0 Å². The van der Waals surface area contributed by atoms with Crippen LogP contribution in [0.15, 0.2) is 0 Å². The monoisotopic (exact) mass is 297 g/mol. The highest BCUT2D eigenvalue weighted by atomic mass is 15.1. The average Bonchev–Trinajstić information content (AvgIpc) is 2.46. The fourth-order valence-corrected chi connectivity index (χ4v) is 3.93. The summed E-state index contributed by atoms with van der Waals surface area (Å²) in [5.74, 6) is 1.82. The highest BCUT2D eigenvalue weighted by Gasteiger charge is 2.30. The highest BCUT2D eigenvalue weighted by Crippen LogP contribution is 2.32. The second-order valence-electron chi connectivity index (χ2n) is 7.17. The lowest BCUT2D eigenvalue weighted by Crippen LogP contribution is -2.45. The van der Waals surface area contributed by atoms with Crippen molar-refractivity contribution in [2.45, 2.75) is 58.4 Å². The van der Waals surface area contributed by atoms with Crippen LogP contribution in [0.1, 0.15) is 52.4 Å². The minimum atomic E-state index is 0.737. The zero-order valence-corrected chi connectivity index (χ0v) is 15.2. The van der Waals surface area contributed by atoms with Gasteiger partial charge in [0.05, 0.1) is 0 Å². The van der Waals surface area contributed by atoms with Gasteiger partial charge in [-0.2, -0.15) is 0 Å². The third-order valence-electron chi connectivity index (χ3n) is 5.18. The van der Waals surface area contributed by atoms with Crippen LogP contribution >= 0.6 is 0 Å². The molecule has 1 N–H and O–H groups in total. The number of rotatable bonds is 10. The Bertz CT molecular complexity index is 255. The molecule has 0 aliphatic heterocycles. The predicted octanol–water partition coefficient (Wildman–Crippen LogP) is 3.06. The summed E-state index contributed by atoms with van der Waals surface area (Å²) in [4.78, 5) is 4.97. The summed E-state index contributed by atoms with van der Waals surface area (Å²) in [6.45, 7) is 9.58. The van der Waals surface area contributed by atoms with Gasteiger partial charge in [-0.15, -0.1) is 0 Å². The molecule has 0 aromatic heterocycles. The maximum Gasteiger partial charge on any atom is 0.0105 e. The van der Waals surface area contributed by atoms with Gasteiger partial charge in [-0.05, 0) is 78.3 Å². The third-order valence-corrected chi connectivity index (χ3v) is 5.18. The lowest BCUT2D eigenvalue weighted by atomic mass is 9.76. The molecule has 1 fully saturated rings. The number of hydrogen-bond donors (Lipinski definition) is 1. The van der Waals surface area contributed by atoms with Crippen molar-refractivity contribution in [3.05, 3.63) is 0 Å². The Balaban J connectivity index is 2.45. The van der Waals surface area contributed by atoms with E-state index in [9.17, 15) is 0 Å². The summed E-state index contributed by atoms with van der Waals surface area (Å²) in [5.41, 5.74) is 0. The SMILES string of the molecule is CCCC1CCC(NC)C(CN(CC)CCCN(C)C)C1. The summed E-state index contributed by atoms with van der Waals surface area (Å²) in [6.07, 6.45) is 8.31. The van der Waals surface area contributed by atoms with E-state index in [0.717, 1.165) is 17.9 Å². The zero-order chi connectivity index (χ0) is 15.7. The number of hydrogen-bond acceptors (Lipinski definition) is 3. The van der Waals surface area contributed by atoms with Crippen LogP contribution < -0.4 is 5.32 Å². The van der Waals surface area contributed by atoms with Gasteiger partial charge in [-0.25, -0.2) is 0 Å². The maximum atomic E-state index is 3.59. The standard InChI is InChI=1S/C18H39N3/c1-6-9-16-10-11-18(19-3)17(14-16)15-21(7-2)13-8-12-20(4)5/h16-19H,6-15H2,1-5H3. The van der Waals surface area contributed by atoms with Gasteiger partial charge in [0.1, 0.15) is 0 Å². The normalized spacial score (nSPS) is 26.7. The molecule has 21 heavy (non-hydrogen) atoms. The van der Waals surface area contributed by atoms with Crippen LogP contribution in [0.2, 0.25) is 0 Å². The fraction of sp³-hybridized carbons (Fsp3) is 1.00. The minimum absolute atomic E-state index is 0.737. The van der Waals surface area contributed by atoms with Gasteiger partial charge in [0, 0.05) is 12.6 Å². The summed E-state index contributed by atoms with van der Waals surface area (Å²) in [5, 5.41) is 3.59. The van der Waals surface area contributed by atoms with Crippen LogP contribution in [0.3, 0.4) is 0 Å². The van der Waals surface area contributed by atoms with Crippen molar-refractivity contribution < 1.29 is 0 Å². The molecule has 1 aliphatic rings. The van der Waals surface area contributed by atoms with Crippen LogP contribution in [-0.4, -0.2) is 63.2 Å². The molecule has 126 valence electrons. The van der Waals surface area contributed by atoms with E-state index in [1.54, 1.807) is 0 Å². The molecular formula is C18H39N3. The first kappa shape index (κ1) is 18.9. The van der Waals surface area contributed by atoms with E-state index in [2.05, 4.69) is 50.1 Å². The molecular weight excluding hydrogens is 258 g/mol. The molecule has 3 unspecified atom stereocenters. The Morgan fingerprint density at radius 2 is 1.86 bits per heavy atom. The molecule has 0 amide bonds. The largest absolute Gasteiger partial charge is 0.317 e. The van der Waals surface area contributed by atoms with E-state index in [1.165, 1.54) is 64.7 Å². The van der Waals surface area contributed by atoms with Crippen LogP contribution in [0.25, 0.3) is 0 Å². The molecule has 0 saturated heterocycles. The first-order valence-corrected chi connectivity index (χ1v) is 9.15. The Morgan fingerprint density at radius 3 is 2.43 bits per heavy atom. The molecule has 3 atom stereocenters. The summed E-state index contributed by atoms with van der Waals surface area (Å²) in [7, 11) is 6.49. The van der Waals surface area contributed by atoms with Crippen molar-refractivity contribution in [3.63, 3.8) is 0 Å². The second kappa shape index (κ2) is 10.6. The van der Waals surface area contributed by atoms with Gasteiger partial charge in [-0.1, -0.05) is 26.7 Å². The Hall–Kier alpha value is -0.120. The van der Waals surface area contributed by atoms with Crippen molar-refractivity contribution in [3.8, 4) is 0 Å². The zero-order valence-electron chi connectivity index (χ0n) is 15.2. The van der Waals surface area contributed by atoms with E-state index in [-0.39, 0.29) is 0 Å². The van der Waals surface area contributed by atoms with Crippen molar-refractivity contribution in [2.75, 3.05) is 47.3 Å². The first-order chi connectivity index (χ1) is 10.1. The molecule has 3 heteroatoms. The minimum Gasteiger partial charge on any atom is -0.317 e. The fourth-order valence-electron chi connectivity index (χ4n) is 3.93. The molecule has 0 radical (unpaired) electrons. The number of nitrogens with zero attached hydrogens (tertiary/aromatic N) is 2.